The van der Waals surface area contributed by atoms with Gasteiger partial charge in [-0.1, -0.05) is 6.08 Å². The lowest BCUT2D eigenvalue weighted by Gasteiger charge is -2.04. The molecule has 0 aliphatic rings. The second-order valence-corrected chi connectivity index (χ2v) is 1.94. The second-order valence-electron chi connectivity index (χ2n) is 1.63. The van der Waals surface area contributed by atoms with E-state index in [4.69, 9.17) is 21.4 Å². The van der Waals surface area contributed by atoms with Crippen molar-refractivity contribution < 1.29 is 9.84 Å². The first-order valence-electron chi connectivity index (χ1n) is 2.74. The first kappa shape index (κ1) is 8.95. The molecule has 54 valence electrons. The number of aliphatic hydroxyl groups excluding tert-OH is 1. The Morgan fingerprint density at radius 3 is 2.89 bits per heavy atom. The summed E-state index contributed by atoms with van der Waals surface area (Å²) in [4.78, 5) is 0. The number of ether oxygens (including phenoxy) is 1. The van der Waals surface area contributed by atoms with Crippen LogP contribution in [0.15, 0.2) is 12.7 Å². The van der Waals surface area contributed by atoms with Crippen molar-refractivity contribution in [3.63, 3.8) is 0 Å². The summed E-state index contributed by atoms with van der Waals surface area (Å²) in [6, 6.07) is 0. The molecule has 0 radical (unpaired) electrons. The first-order valence-corrected chi connectivity index (χ1v) is 3.27. The molecule has 3 heteroatoms. The van der Waals surface area contributed by atoms with Crippen molar-refractivity contribution in [1.29, 1.82) is 0 Å². The average molecular weight is 151 g/mol. The van der Waals surface area contributed by atoms with Crippen molar-refractivity contribution in [3.8, 4) is 0 Å². The van der Waals surface area contributed by atoms with E-state index in [2.05, 4.69) is 6.58 Å². The minimum atomic E-state index is -0.549. The lowest BCUT2D eigenvalue weighted by molar-refractivity contribution is 0.0618. The third-order valence-electron chi connectivity index (χ3n) is 0.724. The maximum Gasteiger partial charge on any atom is 0.0908 e. The molecule has 1 N–H and O–H groups in total. The van der Waals surface area contributed by atoms with Gasteiger partial charge in [0.1, 0.15) is 0 Å². The van der Waals surface area contributed by atoms with Gasteiger partial charge in [-0.25, -0.2) is 0 Å². The van der Waals surface area contributed by atoms with Gasteiger partial charge in [0.25, 0.3) is 0 Å². The van der Waals surface area contributed by atoms with Crippen LogP contribution < -0.4 is 0 Å². The van der Waals surface area contributed by atoms with Crippen LogP contribution in [-0.2, 0) is 4.74 Å². The normalized spacial score (nSPS) is 13.1. The highest BCUT2D eigenvalue weighted by Crippen LogP contribution is 1.88. The molecule has 0 bridgehead atoms. The smallest absolute Gasteiger partial charge is 0.0908 e. The molecule has 0 saturated heterocycles. The highest BCUT2D eigenvalue weighted by atomic mass is 35.5. The number of rotatable bonds is 5. The quantitative estimate of drug-likeness (QED) is 0.357. The van der Waals surface area contributed by atoms with E-state index in [0.717, 1.165) is 0 Å². The van der Waals surface area contributed by atoms with Crippen LogP contribution in [0.3, 0.4) is 0 Å². The van der Waals surface area contributed by atoms with Crippen molar-refractivity contribution in [1.82, 2.24) is 0 Å². The summed E-state index contributed by atoms with van der Waals surface area (Å²) in [6.45, 7) is 4.20. The number of hydrogen-bond donors (Lipinski definition) is 1. The number of aliphatic hydroxyl groups is 1. The molecule has 0 amide bonds. The third kappa shape index (κ3) is 5.83. The highest BCUT2D eigenvalue weighted by molar-refractivity contribution is 6.18. The Morgan fingerprint density at radius 2 is 2.44 bits per heavy atom. The second kappa shape index (κ2) is 6.08. The predicted molar refractivity (Wildman–Crippen MR) is 37.7 cm³/mol. The molecule has 0 saturated carbocycles. The summed E-state index contributed by atoms with van der Waals surface area (Å²) in [7, 11) is 0. The van der Waals surface area contributed by atoms with Gasteiger partial charge in [0.05, 0.1) is 25.2 Å². The highest BCUT2D eigenvalue weighted by Gasteiger charge is 1.98. The molecule has 0 rings (SSSR count). The van der Waals surface area contributed by atoms with Crippen molar-refractivity contribution in [2.24, 2.45) is 0 Å². The van der Waals surface area contributed by atoms with Gasteiger partial charge in [0.15, 0.2) is 0 Å². The molecule has 0 spiro atoms. The van der Waals surface area contributed by atoms with Gasteiger partial charge in [0, 0.05) is 0 Å². The SMILES string of the molecule is C=CCOC[C@@H](O)CCl. The van der Waals surface area contributed by atoms with E-state index in [1.807, 2.05) is 0 Å². The van der Waals surface area contributed by atoms with Crippen molar-refractivity contribution in [2.75, 3.05) is 19.1 Å². The Labute approximate surface area is 60.1 Å². The van der Waals surface area contributed by atoms with E-state index in [1.54, 1.807) is 6.08 Å². The monoisotopic (exact) mass is 150 g/mol. The fourth-order valence-corrected chi connectivity index (χ4v) is 0.421. The zero-order valence-electron chi connectivity index (χ0n) is 5.22. The maximum absolute atomic E-state index is 8.79. The van der Waals surface area contributed by atoms with Crippen molar-refractivity contribution in [2.45, 2.75) is 6.10 Å². The molecule has 0 aliphatic heterocycles. The summed E-state index contributed by atoms with van der Waals surface area (Å²) < 4.78 is 4.88. The molecule has 0 aromatic heterocycles. The fourth-order valence-electron chi connectivity index (χ4n) is 0.332. The minimum absolute atomic E-state index is 0.219. The van der Waals surface area contributed by atoms with Gasteiger partial charge in [-0.2, -0.15) is 0 Å². The Balaban J connectivity index is 2.96. The zero-order valence-corrected chi connectivity index (χ0v) is 5.97. The van der Waals surface area contributed by atoms with Crippen molar-refractivity contribution in [3.05, 3.63) is 12.7 Å². The maximum atomic E-state index is 8.79. The molecule has 0 fully saturated rings. The Bertz CT molecular complexity index is 75.5. The average Bonchev–Trinajstić information content (AvgIpc) is 1.89. The minimum Gasteiger partial charge on any atom is -0.389 e. The summed E-state index contributed by atoms with van der Waals surface area (Å²) in [5, 5.41) is 8.79. The van der Waals surface area contributed by atoms with Crippen LogP contribution in [0.2, 0.25) is 0 Å². The van der Waals surface area contributed by atoms with Crippen LogP contribution in [0, 0.1) is 0 Å². The van der Waals surface area contributed by atoms with Crippen LogP contribution >= 0.6 is 11.6 Å². The van der Waals surface area contributed by atoms with E-state index < -0.39 is 6.10 Å². The number of alkyl halides is 1. The summed E-state index contributed by atoms with van der Waals surface area (Å²) in [6.07, 6.45) is 1.08. The van der Waals surface area contributed by atoms with E-state index in [0.29, 0.717) is 6.61 Å². The molecule has 2 nitrogen and oxygen atoms in total. The molecule has 0 heterocycles. The van der Waals surface area contributed by atoms with E-state index in [9.17, 15) is 0 Å². The predicted octanol–water partition coefficient (Wildman–Crippen LogP) is 0.789. The fraction of sp³-hybridized carbons (Fsp3) is 0.667. The van der Waals surface area contributed by atoms with Crippen LogP contribution in [0.25, 0.3) is 0 Å². The molecule has 0 unspecified atom stereocenters. The lowest BCUT2D eigenvalue weighted by Crippen LogP contribution is -2.16. The molecule has 0 aromatic rings. The van der Waals surface area contributed by atoms with E-state index in [1.165, 1.54) is 0 Å². The molecule has 1 atom stereocenters. The van der Waals surface area contributed by atoms with Gasteiger partial charge in [-0.05, 0) is 0 Å². The zero-order chi connectivity index (χ0) is 7.11. The molecular formula is C6H11ClO2. The standard InChI is InChI=1S/C6H11ClO2/c1-2-3-9-5-6(8)4-7/h2,6,8H,1,3-5H2/t6-/m0/s1. The molecule has 0 aromatic carbocycles. The summed E-state index contributed by atoms with van der Waals surface area (Å²) in [5.74, 6) is 0.219. The summed E-state index contributed by atoms with van der Waals surface area (Å²) >= 11 is 5.28. The summed E-state index contributed by atoms with van der Waals surface area (Å²) in [5.41, 5.74) is 0. The van der Waals surface area contributed by atoms with Crippen LogP contribution in [0.1, 0.15) is 0 Å². The molecule has 0 aliphatic carbocycles. The Morgan fingerprint density at radius 1 is 1.78 bits per heavy atom. The van der Waals surface area contributed by atoms with Gasteiger partial charge in [-0.15, -0.1) is 18.2 Å². The van der Waals surface area contributed by atoms with Crippen LogP contribution in [0.5, 0.6) is 0 Å². The van der Waals surface area contributed by atoms with Gasteiger partial charge >= 0.3 is 0 Å². The first-order chi connectivity index (χ1) is 4.31. The topological polar surface area (TPSA) is 29.5 Å². The third-order valence-corrected chi connectivity index (χ3v) is 1.08. The van der Waals surface area contributed by atoms with Gasteiger partial charge < -0.3 is 9.84 Å². The largest absolute Gasteiger partial charge is 0.389 e. The van der Waals surface area contributed by atoms with E-state index in [-0.39, 0.29) is 12.5 Å². The van der Waals surface area contributed by atoms with Crippen LogP contribution in [-0.4, -0.2) is 30.3 Å². The van der Waals surface area contributed by atoms with E-state index >= 15 is 0 Å². The Hall–Kier alpha value is -0.0500. The molecular weight excluding hydrogens is 140 g/mol. The number of hydrogen-bond acceptors (Lipinski definition) is 2. The molecule has 9 heavy (non-hydrogen) atoms. The lowest BCUT2D eigenvalue weighted by atomic mass is 10.4. The number of halogens is 1. The van der Waals surface area contributed by atoms with Crippen LogP contribution in [0.4, 0.5) is 0 Å². The van der Waals surface area contributed by atoms with Gasteiger partial charge in [-0.3, -0.25) is 0 Å². The van der Waals surface area contributed by atoms with Gasteiger partial charge in [0.2, 0.25) is 0 Å². The van der Waals surface area contributed by atoms with Crippen molar-refractivity contribution >= 4 is 11.6 Å². The Kier molecular flexibility index (Phi) is 6.04.